The third-order valence-corrected chi connectivity index (χ3v) is 4.33. The molecule has 0 radical (unpaired) electrons. The van der Waals surface area contributed by atoms with Gasteiger partial charge in [-0.2, -0.15) is 0 Å². The first-order valence-electron chi connectivity index (χ1n) is 7.05. The monoisotopic (exact) mass is 353 g/mol. The van der Waals surface area contributed by atoms with Crippen molar-refractivity contribution >= 4 is 15.9 Å². The van der Waals surface area contributed by atoms with E-state index >= 15 is 0 Å². The van der Waals surface area contributed by atoms with Gasteiger partial charge in [0.2, 0.25) is 0 Å². The number of aryl methyl sites for hydroxylation is 1. The highest BCUT2D eigenvalue weighted by Crippen LogP contribution is 2.30. The van der Waals surface area contributed by atoms with Crippen LogP contribution in [0.15, 0.2) is 65.3 Å². The van der Waals surface area contributed by atoms with Crippen molar-refractivity contribution in [1.82, 2.24) is 4.98 Å². The molecule has 3 heteroatoms. The summed E-state index contributed by atoms with van der Waals surface area (Å²) in [5, 5.41) is 0. The molecule has 1 heterocycles. The van der Waals surface area contributed by atoms with Crippen molar-refractivity contribution in [2.24, 2.45) is 0 Å². The fourth-order valence-electron chi connectivity index (χ4n) is 2.40. The van der Waals surface area contributed by atoms with Gasteiger partial charge < -0.3 is 4.74 Å². The van der Waals surface area contributed by atoms with Crippen molar-refractivity contribution in [2.45, 2.75) is 6.92 Å². The topological polar surface area (TPSA) is 22.1 Å². The quantitative estimate of drug-likeness (QED) is 0.620. The normalized spacial score (nSPS) is 10.5. The average Bonchev–Trinajstić information content (AvgIpc) is 2.56. The average molecular weight is 354 g/mol. The highest BCUT2D eigenvalue weighted by atomic mass is 79.9. The van der Waals surface area contributed by atoms with Gasteiger partial charge in [0, 0.05) is 27.9 Å². The summed E-state index contributed by atoms with van der Waals surface area (Å²) in [4.78, 5) is 4.49. The first-order valence-corrected chi connectivity index (χ1v) is 7.84. The van der Waals surface area contributed by atoms with Crippen LogP contribution < -0.4 is 4.74 Å². The number of aromatic nitrogens is 1. The Bertz CT molecular complexity index is 797. The third-order valence-electron chi connectivity index (χ3n) is 3.64. The Labute approximate surface area is 138 Å². The lowest BCUT2D eigenvalue weighted by atomic mass is 10.0. The van der Waals surface area contributed by atoms with E-state index in [0.717, 1.165) is 27.0 Å². The SMILES string of the molecule is COc1cc(-c2ccc(-c3ccccc3Br)cc2)ncc1C. The van der Waals surface area contributed by atoms with Crippen LogP contribution in [-0.4, -0.2) is 12.1 Å². The van der Waals surface area contributed by atoms with Crippen LogP contribution in [0.5, 0.6) is 5.75 Å². The van der Waals surface area contributed by atoms with Gasteiger partial charge in [0.05, 0.1) is 12.8 Å². The molecule has 0 N–H and O–H groups in total. The minimum Gasteiger partial charge on any atom is -0.496 e. The molecular weight excluding hydrogens is 338 g/mol. The molecule has 0 spiro atoms. The van der Waals surface area contributed by atoms with Crippen molar-refractivity contribution in [3.8, 4) is 28.1 Å². The van der Waals surface area contributed by atoms with Gasteiger partial charge in [0.25, 0.3) is 0 Å². The predicted octanol–water partition coefficient (Wildman–Crippen LogP) is 5.50. The molecule has 0 bridgehead atoms. The first-order chi connectivity index (χ1) is 10.7. The molecule has 22 heavy (non-hydrogen) atoms. The van der Waals surface area contributed by atoms with Crippen molar-refractivity contribution < 1.29 is 4.74 Å². The van der Waals surface area contributed by atoms with Crippen LogP contribution in [0.3, 0.4) is 0 Å². The van der Waals surface area contributed by atoms with Crippen LogP contribution in [0.25, 0.3) is 22.4 Å². The molecule has 0 aliphatic carbocycles. The Kier molecular flexibility index (Phi) is 4.25. The van der Waals surface area contributed by atoms with Gasteiger partial charge in [-0.25, -0.2) is 0 Å². The van der Waals surface area contributed by atoms with E-state index in [1.807, 2.05) is 31.3 Å². The summed E-state index contributed by atoms with van der Waals surface area (Å²) in [6.07, 6.45) is 1.84. The van der Waals surface area contributed by atoms with Crippen LogP contribution in [-0.2, 0) is 0 Å². The Balaban J connectivity index is 1.97. The van der Waals surface area contributed by atoms with Gasteiger partial charge in [0.1, 0.15) is 5.75 Å². The summed E-state index contributed by atoms with van der Waals surface area (Å²) in [6.45, 7) is 1.99. The van der Waals surface area contributed by atoms with Crippen LogP contribution in [0.1, 0.15) is 5.56 Å². The molecule has 0 unspecified atom stereocenters. The highest BCUT2D eigenvalue weighted by molar-refractivity contribution is 9.10. The van der Waals surface area contributed by atoms with E-state index in [-0.39, 0.29) is 0 Å². The minimum atomic E-state index is 0.861. The Morgan fingerprint density at radius 1 is 0.955 bits per heavy atom. The van der Waals surface area contributed by atoms with Crippen molar-refractivity contribution in [1.29, 1.82) is 0 Å². The largest absolute Gasteiger partial charge is 0.496 e. The summed E-state index contributed by atoms with van der Waals surface area (Å²) in [6, 6.07) is 18.6. The number of methoxy groups -OCH3 is 1. The minimum absolute atomic E-state index is 0.861. The van der Waals surface area contributed by atoms with Gasteiger partial charge in [-0.05, 0) is 24.1 Å². The van der Waals surface area contributed by atoms with Gasteiger partial charge in [-0.1, -0.05) is 58.4 Å². The zero-order chi connectivity index (χ0) is 15.5. The maximum Gasteiger partial charge on any atom is 0.125 e. The molecule has 2 aromatic carbocycles. The fraction of sp³-hybridized carbons (Fsp3) is 0.105. The lowest BCUT2D eigenvalue weighted by Gasteiger charge is -2.08. The van der Waals surface area contributed by atoms with Gasteiger partial charge in [-0.15, -0.1) is 0 Å². The zero-order valence-corrected chi connectivity index (χ0v) is 14.1. The molecular formula is C19H16BrNO. The number of hydrogen-bond donors (Lipinski definition) is 0. The molecule has 0 fully saturated rings. The molecule has 1 aromatic heterocycles. The lowest BCUT2D eigenvalue weighted by Crippen LogP contribution is -1.91. The Hall–Kier alpha value is -2.13. The highest BCUT2D eigenvalue weighted by Gasteiger charge is 2.06. The molecule has 0 atom stereocenters. The van der Waals surface area contributed by atoms with Crippen LogP contribution in [0.2, 0.25) is 0 Å². The second-order valence-electron chi connectivity index (χ2n) is 5.10. The van der Waals surface area contributed by atoms with Gasteiger partial charge in [0.15, 0.2) is 0 Å². The van der Waals surface area contributed by atoms with Crippen LogP contribution in [0.4, 0.5) is 0 Å². The maximum absolute atomic E-state index is 5.37. The molecule has 0 aliphatic rings. The van der Waals surface area contributed by atoms with E-state index in [0.29, 0.717) is 0 Å². The second kappa shape index (κ2) is 6.32. The van der Waals surface area contributed by atoms with Crippen LogP contribution in [0, 0.1) is 6.92 Å². The summed E-state index contributed by atoms with van der Waals surface area (Å²) < 4.78 is 6.46. The predicted molar refractivity (Wildman–Crippen MR) is 94.1 cm³/mol. The molecule has 0 saturated carbocycles. The van der Waals surface area contributed by atoms with Crippen molar-refractivity contribution in [3.05, 3.63) is 70.8 Å². The summed E-state index contributed by atoms with van der Waals surface area (Å²) in [5.41, 5.74) is 5.39. The zero-order valence-electron chi connectivity index (χ0n) is 12.5. The number of ether oxygens (including phenoxy) is 1. The lowest BCUT2D eigenvalue weighted by molar-refractivity contribution is 0.411. The number of nitrogens with zero attached hydrogens (tertiary/aromatic N) is 1. The molecule has 0 aliphatic heterocycles. The van der Waals surface area contributed by atoms with Gasteiger partial charge in [-0.3, -0.25) is 4.98 Å². The summed E-state index contributed by atoms with van der Waals surface area (Å²) in [7, 11) is 1.68. The van der Waals surface area contributed by atoms with E-state index in [4.69, 9.17) is 4.74 Å². The Morgan fingerprint density at radius 3 is 2.32 bits per heavy atom. The molecule has 3 aromatic rings. The summed E-state index contributed by atoms with van der Waals surface area (Å²) >= 11 is 3.59. The number of halogens is 1. The number of rotatable bonds is 3. The maximum atomic E-state index is 5.37. The number of benzene rings is 2. The van der Waals surface area contributed by atoms with Crippen LogP contribution >= 0.6 is 15.9 Å². The number of pyridine rings is 1. The van der Waals surface area contributed by atoms with E-state index in [1.54, 1.807) is 7.11 Å². The van der Waals surface area contributed by atoms with E-state index in [9.17, 15) is 0 Å². The second-order valence-corrected chi connectivity index (χ2v) is 5.95. The Morgan fingerprint density at radius 2 is 1.64 bits per heavy atom. The molecule has 0 saturated heterocycles. The third kappa shape index (κ3) is 2.90. The van der Waals surface area contributed by atoms with Gasteiger partial charge >= 0.3 is 0 Å². The smallest absolute Gasteiger partial charge is 0.125 e. The fourth-order valence-corrected chi connectivity index (χ4v) is 2.91. The molecule has 110 valence electrons. The summed E-state index contributed by atoms with van der Waals surface area (Å²) in [5.74, 6) is 0.861. The van der Waals surface area contributed by atoms with E-state index in [2.05, 4.69) is 57.3 Å². The van der Waals surface area contributed by atoms with Crippen molar-refractivity contribution in [2.75, 3.05) is 7.11 Å². The standard InChI is InChI=1S/C19H16BrNO/c1-13-12-21-18(11-19(13)22-2)15-9-7-14(8-10-15)16-5-3-4-6-17(16)20/h3-12H,1-2H3. The van der Waals surface area contributed by atoms with E-state index in [1.165, 1.54) is 11.1 Å². The first kappa shape index (κ1) is 14.8. The molecule has 3 rings (SSSR count). The van der Waals surface area contributed by atoms with E-state index < -0.39 is 0 Å². The molecule has 2 nitrogen and oxygen atoms in total. The van der Waals surface area contributed by atoms with Crippen molar-refractivity contribution in [3.63, 3.8) is 0 Å². The number of hydrogen-bond acceptors (Lipinski definition) is 2. The molecule has 0 amide bonds.